The van der Waals surface area contributed by atoms with Crippen LogP contribution in [0.15, 0.2) is 18.2 Å². The van der Waals surface area contributed by atoms with E-state index in [0.717, 1.165) is 13.1 Å². The van der Waals surface area contributed by atoms with Gasteiger partial charge in [-0.05, 0) is 25.8 Å². The van der Waals surface area contributed by atoms with Gasteiger partial charge in [0.2, 0.25) is 0 Å². The highest BCUT2D eigenvalue weighted by molar-refractivity contribution is 5.19. The first-order valence-electron chi connectivity index (χ1n) is 8.02. The molecule has 3 rings (SSSR count). The lowest BCUT2D eigenvalue weighted by molar-refractivity contribution is 0.0564. The minimum atomic E-state index is -0.748. The monoisotopic (exact) mass is 294 g/mol. The predicted octanol–water partition coefficient (Wildman–Crippen LogP) is 3.46. The second kappa shape index (κ2) is 6.01. The van der Waals surface area contributed by atoms with Gasteiger partial charge in [0.1, 0.15) is 0 Å². The second-order valence-corrected chi connectivity index (χ2v) is 6.69. The van der Waals surface area contributed by atoms with E-state index in [2.05, 4.69) is 17.1 Å². The Hall–Kier alpha value is -1.00. The SMILES string of the molecule is CC1CNC2(CCCCC2)CN1Cc1cccc(F)c1F. The summed E-state index contributed by atoms with van der Waals surface area (Å²) in [6.45, 7) is 4.51. The average molecular weight is 294 g/mol. The highest BCUT2D eigenvalue weighted by Crippen LogP contribution is 2.32. The lowest BCUT2D eigenvalue weighted by Gasteiger charge is -2.49. The van der Waals surface area contributed by atoms with Gasteiger partial charge in [0, 0.05) is 36.8 Å². The first kappa shape index (κ1) is 14.9. The zero-order valence-corrected chi connectivity index (χ0v) is 12.7. The number of rotatable bonds is 2. The highest BCUT2D eigenvalue weighted by Gasteiger charge is 2.38. The number of nitrogens with zero attached hydrogens (tertiary/aromatic N) is 1. The normalized spacial score (nSPS) is 26.1. The molecule has 1 aromatic carbocycles. The van der Waals surface area contributed by atoms with E-state index in [0.29, 0.717) is 18.2 Å². The fraction of sp³-hybridized carbons (Fsp3) is 0.647. The first-order valence-corrected chi connectivity index (χ1v) is 8.02. The molecule has 1 aromatic rings. The van der Waals surface area contributed by atoms with Gasteiger partial charge in [0.05, 0.1) is 0 Å². The van der Waals surface area contributed by atoms with Gasteiger partial charge >= 0.3 is 0 Å². The van der Waals surface area contributed by atoms with Crippen molar-refractivity contribution in [2.24, 2.45) is 0 Å². The number of nitrogens with one attached hydrogen (secondary N) is 1. The van der Waals surface area contributed by atoms with Crippen LogP contribution in [-0.4, -0.2) is 29.6 Å². The van der Waals surface area contributed by atoms with Crippen molar-refractivity contribution in [1.29, 1.82) is 0 Å². The van der Waals surface area contributed by atoms with Crippen molar-refractivity contribution in [3.05, 3.63) is 35.4 Å². The molecule has 0 radical (unpaired) electrons. The van der Waals surface area contributed by atoms with Crippen LogP contribution in [0.5, 0.6) is 0 Å². The zero-order valence-electron chi connectivity index (χ0n) is 12.7. The van der Waals surface area contributed by atoms with Crippen LogP contribution in [0.3, 0.4) is 0 Å². The van der Waals surface area contributed by atoms with Gasteiger partial charge in [-0.3, -0.25) is 4.90 Å². The van der Waals surface area contributed by atoms with Gasteiger partial charge in [-0.25, -0.2) is 8.78 Å². The Labute approximate surface area is 125 Å². The molecule has 1 atom stereocenters. The summed E-state index contributed by atoms with van der Waals surface area (Å²) >= 11 is 0. The molecule has 1 aliphatic carbocycles. The van der Waals surface area contributed by atoms with E-state index in [1.54, 1.807) is 12.1 Å². The smallest absolute Gasteiger partial charge is 0.163 e. The van der Waals surface area contributed by atoms with Crippen LogP contribution in [0.2, 0.25) is 0 Å². The fourth-order valence-electron chi connectivity index (χ4n) is 3.76. The fourth-order valence-corrected chi connectivity index (χ4v) is 3.76. The molecular weight excluding hydrogens is 270 g/mol. The Kier molecular flexibility index (Phi) is 4.27. The summed E-state index contributed by atoms with van der Waals surface area (Å²) in [6, 6.07) is 4.82. The summed E-state index contributed by atoms with van der Waals surface area (Å²) in [5, 5.41) is 3.72. The lowest BCUT2D eigenvalue weighted by Crippen LogP contribution is -2.63. The number of hydrogen-bond acceptors (Lipinski definition) is 2. The molecule has 1 saturated carbocycles. The van der Waals surface area contributed by atoms with Gasteiger partial charge in [0.25, 0.3) is 0 Å². The molecule has 1 spiro atoms. The van der Waals surface area contributed by atoms with E-state index >= 15 is 0 Å². The summed E-state index contributed by atoms with van der Waals surface area (Å²) in [4.78, 5) is 2.31. The molecule has 2 aliphatic rings. The molecule has 0 bridgehead atoms. The van der Waals surface area contributed by atoms with Gasteiger partial charge < -0.3 is 5.32 Å². The van der Waals surface area contributed by atoms with E-state index < -0.39 is 11.6 Å². The third-order valence-electron chi connectivity index (χ3n) is 5.12. The summed E-state index contributed by atoms with van der Waals surface area (Å²) in [6.07, 6.45) is 6.24. The first-order chi connectivity index (χ1) is 10.1. The topological polar surface area (TPSA) is 15.3 Å². The molecule has 0 aromatic heterocycles. The van der Waals surface area contributed by atoms with E-state index in [9.17, 15) is 8.78 Å². The van der Waals surface area contributed by atoms with Crippen LogP contribution >= 0.6 is 0 Å². The standard InChI is InChI=1S/C17H24F2N2/c1-13-10-20-17(8-3-2-4-9-17)12-21(13)11-14-6-5-7-15(18)16(14)19/h5-7,13,20H,2-4,8-12H2,1H3. The van der Waals surface area contributed by atoms with Crippen LogP contribution in [0, 0.1) is 11.6 Å². The number of hydrogen-bond donors (Lipinski definition) is 1. The molecule has 4 heteroatoms. The van der Waals surface area contributed by atoms with Crippen LogP contribution in [0.25, 0.3) is 0 Å². The molecule has 1 saturated heterocycles. The van der Waals surface area contributed by atoms with Crippen molar-refractivity contribution in [3.8, 4) is 0 Å². The number of halogens is 2. The molecule has 116 valence electrons. The molecule has 2 nitrogen and oxygen atoms in total. The van der Waals surface area contributed by atoms with Gasteiger partial charge in [-0.15, -0.1) is 0 Å². The molecule has 1 heterocycles. The van der Waals surface area contributed by atoms with E-state index in [1.165, 1.54) is 38.2 Å². The largest absolute Gasteiger partial charge is 0.308 e. The van der Waals surface area contributed by atoms with Crippen LogP contribution in [-0.2, 0) is 6.54 Å². The summed E-state index contributed by atoms with van der Waals surface area (Å²) in [5.74, 6) is -1.44. The van der Waals surface area contributed by atoms with Gasteiger partial charge in [-0.1, -0.05) is 31.4 Å². The molecule has 1 N–H and O–H groups in total. The lowest BCUT2D eigenvalue weighted by atomic mass is 9.79. The van der Waals surface area contributed by atoms with Gasteiger partial charge in [0.15, 0.2) is 11.6 Å². The Morgan fingerprint density at radius 2 is 2.00 bits per heavy atom. The molecule has 0 amide bonds. The van der Waals surface area contributed by atoms with Gasteiger partial charge in [-0.2, -0.15) is 0 Å². The van der Waals surface area contributed by atoms with Crippen molar-refractivity contribution in [2.45, 2.75) is 57.2 Å². The van der Waals surface area contributed by atoms with E-state index in [4.69, 9.17) is 0 Å². The van der Waals surface area contributed by atoms with E-state index in [1.807, 2.05) is 0 Å². The summed E-state index contributed by atoms with van der Waals surface area (Å²) in [7, 11) is 0. The Balaban J connectivity index is 1.75. The zero-order chi connectivity index (χ0) is 14.9. The average Bonchev–Trinajstić information content (AvgIpc) is 2.49. The molecule has 21 heavy (non-hydrogen) atoms. The summed E-state index contributed by atoms with van der Waals surface area (Å²) in [5.41, 5.74) is 0.656. The molecule has 1 aliphatic heterocycles. The maximum absolute atomic E-state index is 13.9. The van der Waals surface area contributed by atoms with Crippen molar-refractivity contribution in [2.75, 3.05) is 13.1 Å². The third kappa shape index (κ3) is 3.11. The maximum Gasteiger partial charge on any atom is 0.163 e. The predicted molar refractivity (Wildman–Crippen MR) is 80.0 cm³/mol. The quantitative estimate of drug-likeness (QED) is 0.898. The minimum Gasteiger partial charge on any atom is -0.308 e. The third-order valence-corrected chi connectivity index (χ3v) is 5.12. The van der Waals surface area contributed by atoms with E-state index in [-0.39, 0.29) is 5.54 Å². The summed E-state index contributed by atoms with van der Waals surface area (Å²) < 4.78 is 27.3. The molecular formula is C17H24F2N2. The maximum atomic E-state index is 13.9. The highest BCUT2D eigenvalue weighted by atomic mass is 19.2. The van der Waals surface area contributed by atoms with Crippen LogP contribution in [0.4, 0.5) is 8.78 Å². The van der Waals surface area contributed by atoms with Crippen molar-refractivity contribution in [3.63, 3.8) is 0 Å². The van der Waals surface area contributed by atoms with Crippen LogP contribution in [0.1, 0.15) is 44.6 Å². The second-order valence-electron chi connectivity index (χ2n) is 6.69. The Morgan fingerprint density at radius 3 is 2.76 bits per heavy atom. The molecule has 2 fully saturated rings. The molecule has 1 unspecified atom stereocenters. The van der Waals surface area contributed by atoms with Crippen LogP contribution < -0.4 is 5.32 Å². The van der Waals surface area contributed by atoms with Crippen molar-refractivity contribution in [1.82, 2.24) is 10.2 Å². The number of benzene rings is 1. The minimum absolute atomic E-state index is 0.189. The van der Waals surface area contributed by atoms with Crippen molar-refractivity contribution < 1.29 is 8.78 Å². The Bertz CT molecular complexity index is 498. The van der Waals surface area contributed by atoms with Crippen molar-refractivity contribution >= 4 is 0 Å². The Morgan fingerprint density at radius 1 is 1.24 bits per heavy atom. The number of piperazine rings is 1.